The summed E-state index contributed by atoms with van der Waals surface area (Å²) in [5.41, 5.74) is 7.46. The average molecular weight is 864 g/mol. The molecule has 0 saturated carbocycles. The van der Waals surface area contributed by atoms with Crippen molar-refractivity contribution in [2.45, 2.75) is 101 Å². The summed E-state index contributed by atoms with van der Waals surface area (Å²) in [6, 6.07) is 9.98. The summed E-state index contributed by atoms with van der Waals surface area (Å²) in [6.07, 6.45) is -2.60. The SMILES string of the molecule is C[C@H](NC(=O)[C@H](Cc1ccc(O)cc1)NC(=O)[C@@H](NC(=O)[C@H](C)NC(=O)[C@H](Cc1ccc(O)cc1)NC(=O)[C@H](Cc1ccccc1)NC(=O)[C@@H](N)CCC(=O)O)[C@@H](C)O)C(=O)O. The first-order valence-corrected chi connectivity index (χ1v) is 19.5. The van der Waals surface area contributed by atoms with E-state index in [9.17, 15) is 58.8 Å². The van der Waals surface area contributed by atoms with Gasteiger partial charge in [-0.3, -0.25) is 38.4 Å². The molecule has 0 bridgehead atoms. The Morgan fingerprint density at radius 3 is 1.35 bits per heavy atom. The summed E-state index contributed by atoms with van der Waals surface area (Å²) >= 11 is 0. The number of benzene rings is 3. The van der Waals surface area contributed by atoms with Crippen LogP contribution in [0.2, 0.25) is 0 Å². The molecule has 0 spiro atoms. The minimum absolute atomic E-state index is 0.0603. The van der Waals surface area contributed by atoms with E-state index in [1.807, 2.05) is 0 Å². The van der Waals surface area contributed by atoms with Gasteiger partial charge in [0.25, 0.3) is 0 Å². The largest absolute Gasteiger partial charge is 0.508 e. The quantitative estimate of drug-likeness (QED) is 0.0529. The first-order valence-electron chi connectivity index (χ1n) is 19.5. The number of aromatic hydroxyl groups is 2. The van der Waals surface area contributed by atoms with Gasteiger partial charge in [-0.15, -0.1) is 0 Å². The zero-order valence-corrected chi connectivity index (χ0v) is 34.2. The van der Waals surface area contributed by atoms with Crippen molar-refractivity contribution < 1.29 is 63.9 Å². The fourth-order valence-corrected chi connectivity index (χ4v) is 5.87. The molecule has 0 saturated heterocycles. The van der Waals surface area contributed by atoms with Gasteiger partial charge in [-0.2, -0.15) is 0 Å². The van der Waals surface area contributed by atoms with Crippen LogP contribution < -0.4 is 37.6 Å². The summed E-state index contributed by atoms with van der Waals surface area (Å²) in [5, 5.41) is 63.0. The van der Waals surface area contributed by atoms with Gasteiger partial charge >= 0.3 is 11.9 Å². The molecule has 0 aliphatic carbocycles. The molecule has 0 unspecified atom stereocenters. The molecule has 20 heteroatoms. The molecule has 62 heavy (non-hydrogen) atoms. The van der Waals surface area contributed by atoms with Gasteiger partial charge in [0.1, 0.15) is 47.8 Å². The number of amides is 6. The normalized spacial score (nSPS) is 14.8. The van der Waals surface area contributed by atoms with Crippen LogP contribution in [0.5, 0.6) is 11.5 Å². The van der Waals surface area contributed by atoms with Crippen LogP contribution in [0.3, 0.4) is 0 Å². The van der Waals surface area contributed by atoms with Crippen molar-refractivity contribution in [2.24, 2.45) is 5.73 Å². The van der Waals surface area contributed by atoms with Gasteiger partial charge in [0.2, 0.25) is 35.4 Å². The average Bonchev–Trinajstić information content (AvgIpc) is 3.22. The number of carboxylic acid groups (broad SMARTS) is 2. The first-order chi connectivity index (χ1) is 29.2. The number of rotatable bonds is 23. The molecule has 0 aromatic heterocycles. The number of aliphatic carboxylic acids is 2. The third-order valence-corrected chi connectivity index (χ3v) is 9.48. The number of carbonyl (C=O) groups excluding carboxylic acids is 6. The summed E-state index contributed by atoms with van der Waals surface area (Å²) in [4.78, 5) is 103. The van der Waals surface area contributed by atoms with Crippen LogP contribution >= 0.6 is 0 Å². The van der Waals surface area contributed by atoms with E-state index in [-0.39, 0.29) is 37.2 Å². The Balaban J connectivity index is 1.82. The molecular formula is C42H53N7O13. The Kier molecular flexibility index (Phi) is 18.8. The van der Waals surface area contributed by atoms with E-state index >= 15 is 0 Å². The topological polar surface area (TPSA) is 336 Å². The highest BCUT2D eigenvalue weighted by Crippen LogP contribution is 2.14. The zero-order valence-electron chi connectivity index (χ0n) is 34.2. The van der Waals surface area contributed by atoms with Crippen LogP contribution in [-0.4, -0.2) is 121 Å². The number of phenols is 2. The number of aliphatic hydroxyl groups is 1. The molecule has 20 nitrogen and oxygen atoms in total. The molecule has 0 aliphatic heterocycles. The van der Waals surface area contributed by atoms with Gasteiger partial charge in [0, 0.05) is 25.7 Å². The molecule has 0 radical (unpaired) electrons. The van der Waals surface area contributed by atoms with Crippen molar-refractivity contribution in [3.63, 3.8) is 0 Å². The lowest BCUT2D eigenvalue weighted by Crippen LogP contribution is -2.61. The third kappa shape index (κ3) is 16.2. The number of aliphatic hydroxyl groups excluding tert-OH is 1. The molecule has 3 aromatic rings. The molecule has 6 amide bonds. The maximum atomic E-state index is 13.9. The van der Waals surface area contributed by atoms with Crippen LogP contribution in [0.4, 0.5) is 0 Å². The summed E-state index contributed by atoms with van der Waals surface area (Å²) in [5.74, 6) is -8.13. The molecule has 334 valence electrons. The standard InChI is InChI=1S/C42H53N7O13/c1-22(36(55)49-35(24(3)50)41(60)48-32(39(58)45-23(2)42(61)62)21-27-11-15-29(52)16-12-27)44-38(57)31(20-26-9-13-28(51)14-10-26)47-40(59)33(19-25-7-5-4-6-8-25)46-37(56)30(43)17-18-34(53)54/h4-16,22-24,30-33,35,50-52H,17-21,43H2,1-3H3,(H,44,57)(H,45,58)(H,46,56)(H,47,59)(H,48,60)(H,49,55)(H,53,54)(H,61,62)/t22-,23-,24+,30-,31-,32-,33-,35-/m0/s1. The second kappa shape index (κ2) is 23.7. The van der Waals surface area contributed by atoms with Crippen molar-refractivity contribution in [1.29, 1.82) is 0 Å². The number of carbonyl (C=O) groups is 8. The highest BCUT2D eigenvalue weighted by Gasteiger charge is 2.34. The van der Waals surface area contributed by atoms with Gasteiger partial charge in [0.05, 0.1) is 12.1 Å². The number of phenolic OH excluding ortho intramolecular Hbond substituents is 2. The fourth-order valence-electron chi connectivity index (χ4n) is 5.87. The second-order valence-electron chi connectivity index (χ2n) is 14.7. The van der Waals surface area contributed by atoms with Crippen LogP contribution in [0.25, 0.3) is 0 Å². The van der Waals surface area contributed by atoms with E-state index in [1.165, 1.54) is 69.3 Å². The van der Waals surface area contributed by atoms with E-state index < -0.39 is 102 Å². The van der Waals surface area contributed by atoms with E-state index in [0.29, 0.717) is 16.7 Å². The number of hydrogen-bond acceptors (Lipinski definition) is 12. The molecule has 3 aromatic carbocycles. The van der Waals surface area contributed by atoms with Crippen LogP contribution in [0.15, 0.2) is 78.9 Å². The van der Waals surface area contributed by atoms with Crippen LogP contribution in [0.1, 0.15) is 50.3 Å². The number of nitrogens with two attached hydrogens (primary N) is 1. The predicted octanol–water partition coefficient (Wildman–Crippen LogP) is -1.27. The van der Waals surface area contributed by atoms with Crippen molar-refractivity contribution in [1.82, 2.24) is 31.9 Å². The first kappa shape index (κ1) is 49.3. The van der Waals surface area contributed by atoms with Crippen LogP contribution in [-0.2, 0) is 57.6 Å². The molecule has 3 rings (SSSR count). The molecule has 8 atom stereocenters. The lowest BCUT2D eigenvalue weighted by atomic mass is 10.0. The Morgan fingerprint density at radius 2 is 0.919 bits per heavy atom. The summed E-state index contributed by atoms with van der Waals surface area (Å²) < 4.78 is 0. The van der Waals surface area contributed by atoms with Crippen molar-refractivity contribution in [3.8, 4) is 11.5 Å². The summed E-state index contributed by atoms with van der Waals surface area (Å²) in [6.45, 7) is 3.65. The molecule has 0 heterocycles. The third-order valence-electron chi connectivity index (χ3n) is 9.48. The Hall–Kier alpha value is -7.06. The number of carboxylic acids is 2. The van der Waals surface area contributed by atoms with Gasteiger partial charge in [-0.25, -0.2) is 0 Å². The van der Waals surface area contributed by atoms with Crippen LogP contribution in [0, 0.1) is 0 Å². The van der Waals surface area contributed by atoms with Gasteiger partial charge in [-0.05, 0) is 68.1 Å². The Morgan fingerprint density at radius 1 is 0.516 bits per heavy atom. The van der Waals surface area contributed by atoms with Crippen molar-refractivity contribution in [2.75, 3.05) is 0 Å². The Bertz CT molecular complexity index is 2030. The van der Waals surface area contributed by atoms with Gasteiger partial charge in [0.15, 0.2) is 0 Å². The van der Waals surface area contributed by atoms with Crippen molar-refractivity contribution >= 4 is 47.4 Å². The van der Waals surface area contributed by atoms with E-state index in [1.54, 1.807) is 30.3 Å². The van der Waals surface area contributed by atoms with Crippen molar-refractivity contribution in [3.05, 3.63) is 95.6 Å². The molecule has 13 N–H and O–H groups in total. The lowest BCUT2D eigenvalue weighted by Gasteiger charge is -2.27. The lowest BCUT2D eigenvalue weighted by molar-refractivity contribution is -0.142. The van der Waals surface area contributed by atoms with E-state index in [0.717, 1.165) is 0 Å². The molecule has 0 aliphatic rings. The zero-order chi connectivity index (χ0) is 46.1. The monoisotopic (exact) mass is 863 g/mol. The maximum Gasteiger partial charge on any atom is 0.325 e. The minimum atomic E-state index is -1.70. The van der Waals surface area contributed by atoms with Gasteiger partial charge < -0.3 is 63.2 Å². The number of nitrogens with one attached hydrogen (secondary N) is 6. The highest BCUT2D eigenvalue weighted by atomic mass is 16.4. The fraction of sp³-hybridized carbons (Fsp3) is 0.381. The highest BCUT2D eigenvalue weighted by molar-refractivity contribution is 5.97. The summed E-state index contributed by atoms with van der Waals surface area (Å²) in [7, 11) is 0. The van der Waals surface area contributed by atoms with Gasteiger partial charge in [-0.1, -0.05) is 54.6 Å². The predicted molar refractivity (Wildman–Crippen MR) is 221 cm³/mol. The molecular weight excluding hydrogens is 810 g/mol. The maximum absolute atomic E-state index is 13.9. The second-order valence-corrected chi connectivity index (χ2v) is 14.7. The smallest absolute Gasteiger partial charge is 0.325 e. The van der Waals surface area contributed by atoms with E-state index in [4.69, 9.17) is 10.8 Å². The van der Waals surface area contributed by atoms with E-state index in [2.05, 4.69) is 31.9 Å². The molecule has 0 fully saturated rings. The minimum Gasteiger partial charge on any atom is -0.508 e. The number of hydrogen-bond donors (Lipinski definition) is 12. The Labute approximate surface area is 356 Å².